The van der Waals surface area contributed by atoms with Gasteiger partial charge in [0.25, 0.3) is 11.2 Å². The molecule has 2 heterocycles. The predicted octanol–water partition coefficient (Wildman–Crippen LogP) is 4.30. The molecule has 0 saturated heterocycles. The normalized spacial score (nSPS) is 14.5. The zero-order valence-electron chi connectivity index (χ0n) is 24.4. The number of esters is 1. The van der Waals surface area contributed by atoms with E-state index in [-0.39, 0.29) is 30.0 Å². The first kappa shape index (κ1) is 30.2. The van der Waals surface area contributed by atoms with Gasteiger partial charge in [0.2, 0.25) is 0 Å². The number of fused-ring (bicyclic) bond motifs is 1. The van der Waals surface area contributed by atoms with E-state index < -0.39 is 16.9 Å². The van der Waals surface area contributed by atoms with Gasteiger partial charge in [0, 0.05) is 17.7 Å². The fourth-order valence-electron chi connectivity index (χ4n) is 4.90. The molecule has 0 unspecified atom stereocenters. The van der Waals surface area contributed by atoms with Crippen LogP contribution < -0.4 is 29.1 Å². The van der Waals surface area contributed by atoms with E-state index in [9.17, 15) is 19.7 Å². The number of carbonyl (C=O) groups excluding carboxylic acids is 1. The van der Waals surface area contributed by atoms with E-state index in [1.807, 2.05) is 18.2 Å². The Bertz CT molecular complexity index is 1940. The van der Waals surface area contributed by atoms with E-state index >= 15 is 0 Å². The Morgan fingerprint density at radius 1 is 1.05 bits per heavy atom. The van der Waals surface area contributed by atoms with Gasteiger partial charge in [-0.2, -0.15) is 0 Å². The van der Waals surface area contributed by atoms with Crippen LogP contribution in [0.3, 0.4) is 0 Å². The molecule has 1 aliphatic rings. The van der Waals surface area contributed by atoms with Crippen molar-refractivity contribution in [3.05, 3.63) is 124 Å². The van der Waals surface area contributed by atoms with Crippen molar-refractivity contribution in [2.24, 2.45) is 4.99 Å². The molecule has 0 bridgehead atoms. The number of ether oxygens (including phenoxy) is 4. The number of nitro benzene ring substituents is 1. The highest BCUT2D eigenvalue weighted by atomic mass is 32.1. The van der Waals surface area contributed by atoms with Gasteiger partial charge in [0.15, 0.2) is 16.3 Å². The molecule has 1 aliphatic heterocycles. The van der Waals surface area contributed by atoms with Crippen LogP contribution >= 0.6 is 11.3 Å². The maximum atomic E-state index is 13.9. The minimum Gasteiger partial charge on any atom is -0.496 e. The standard InChI is InChI=1S/C32H29N3O8S/c1-5-42-31(37)28-19(2)33-32-34(29(28)23-8-6-7-9-24(23)40-3)30(36)27(44-32)17-21-12-15-25(26(16-21)41-4)43-18-20-10-13-22(14-11-20)35(38)39/h6-17,29H,5,18H2,1-4H3/b27-17+/t29-/m0/s1. The lowest BCUT2D eigenvalue weighted by molar-refractivity contribution is -0.384. The third kappa shape index (κ3) is 5.97. The summed E-state index contributed by atoms with van der Waals surface area (Å²) in [5.74, 6) is 0.890. The monoisotopic (exact) mass is 615 g/mol. The topological polar surface area (TPSA) is 131 Å². The maximum absolute atomic E-state index is 13.9. The number of rotatable bonds is 10. The van der Waals surface area contributed by atoms with Crippen LogP contribution in [0.25, 0.3) is 6.08 Å². The smallest absolute Gasteiger partial charge is 0.338 e. The van der Waals surface area contributed by atoms with Crippen LogP contribution in [0.5, 0.6) is 17.2 Å². The van der Waals surface area contributed by atoms with Crippen LogP contribution in [0, 0.1) is 10.1 Å². The highest BCUT2D eigenvalue weighted by Crippen LogP contribution is 2.36. The molecule has 226 valence electrons. The second-order valence-electron chi connectivity index (χ2n) is 9.67. The van der Waals surface area contributed by atoms with E-state index in [2.05, 4.69) is 4.99 Å². The lowest BCUT2D eigenvalue weighted by Gasteiger charge is -2.25. The molecule has 0 radical (unpaired) electrons. The number of carbonyl (C=O) groups is 1. The fraction of sp³-hybridized carbons (Fsp3) is 0.219. The van der Waals surface area contributed by atoms with Gasteiger partial charge in [-0.15, -0.1) is 0 Å². The molecule has 0 N–H and O–H groups in total. The summed E-state index contributed by atoms with van der Waals surface area (Å²) in [6.07, 6.45) is 1.73. The summed E-state index contributed by atoms with van der Waals surface area (Å²) in [4.78, 5) is 42.6. The van der Waals surface area contributed by atoms with Crippen molar-refractivity contribution in [1.29, 1.82) is 0 Å². The summed E-state index contributed by atoms with van der Waals surface area (Å²) >= 11 is 1.21. The van der Waals surface area contributed by atoms with Crippen molar-refractivity contribution < 1.29 is 28.7 Å². The summed E-state index contributed by atoms with van der Waals surface area (Å²) in [7, 11) is 3.05. The summed E-state index contributed by atoms with van der Waals surface area (Å²) < 4.78 is 24.3. The Morgan fingerprint density at radius 2 is 1.77 bits per heavy atom. The molecule has 1 aromatic heterocycles. The Balaban J connectivity index is 1.52. The van der Waals surface area contributed by atoms with Crippen LogP contribution in [-0.2, 0) is 16.1 Å². The molecule has 4 aromatic rings. The number of nitro groups is 1. The number of allylic oxidation sites excluding steroid dienone is 1. The quantitative estimate of drug-likeness (QED) is 0.147. The minimum absolute atomic E-state index is 0.00228. The molecule has 5 rings (SSSR count). The number of hydrogen-bond donors (Lipinski definition) is 0. The third-order valence-electron chi connectivity index (χ3n) is 6.98. The molecule has 12 heteroatoms. The van der Waals surface area contributed by atoms with Gasteiger partial charge < -0.3 is 18.9 Å². The molecular weight excluding hydrogens is 586 g/mol. The number of thiazole rings is 1. The van der Waals surface area contributed by atoms with Gasteiger partial charge in [0.1, 0.15) is 18.4 Å². The van der Waals surface area contributed by atoms with Crippen molar-refractivity contribution in [1.82, 2.24) is 4.57 Å². The Morgan fingerprint density at radius 3 is 2.45 bits per heavy atom. The lowest BCUT2D eigenvalue weighted by atomic mass is 9.95. The van der Waals surface area contributed by atoms with Gasteiger partial charge in [-0.05, 0) is 61.4 Å². The Kier molecular flexibility index (Phi) is 8.91. The second kappa shape index (κ2) is 13.0. The van der Waals surface area contributed by atoms with Gasteiger partial charge in [-0.3, -0.25) is 19.5 Å². The van der Waals surface area contributed by atoms with Crippen LogP contribution in [0.4, 0.5) is 5.69 Å². The third-order valence-corrected chi connectivity index (χ3v) is 7.96. The van der Waals surface area contributed by atoms with Gasteiger partial charge in [0.05, 0.1) is 41.6 Å². The number of nitrogens with zero attached hydrogens (tertiary/aromatic N) is 3. The zero-order valence-corrected chi connectivity index (χ0v) is 25.3. The fourth-order valence-corrected chi connectivity index (χ4v) is 5.94. The molecule has 1 atom stereocenters. The molecule has 44 heavy (non-hydrogen) atoms. The molecule has 0 spiro atoms. The highest BCUT2D eigenvalue weighted by molar-refractivity contribution is 7.07. The van der Waals surface area contributed by atoms with E-state index in [4.69, 9.17) is 18.9 Å². The van der Waals surface area contributed by atoms with Crippen molar-refractivity contribution in [2.75, 3.05) is 20.8 Å². The first-order valence-corrected chi connectivity index (χ1v) is 14.4. The van der Waals surface area contributed by atoms with Crippen LogP contribution in [0.15, 0.2) is 87.8 Å². The van der Waals surface area contributed by atoms with E-state index in [1.165, 1.54) is 42.3 Å². The van der Waals surface area contributed by atoms with E-state index in [0.29, 0.717) is 43.4 Å². The largest absolute Gasteiger partial charge is 0.496 e. The van der Waals surface area contributed by atoms with Gasteiger partial charge in [-0.25, -0.2) is 9.79 Å². The summed E-state index contributed by atoms with van der Waals surface area (Å²) in [5.41, 5.74) is 2.49. The maximum Gasteiger partial charge on any atom is 0.338 e. The van der Waals surface area contributed by atoms with Crippen molar-refractivity contribution in [2.45, 2.75) is 26.5 Å². The Labute approximate surface area is 256 Å². The van der Waals surface area contributed by atoms with E-state index in [1.54, 1.807) is 56.3 Å². The number of benzene rings is 3. The van der Waals surface area contributed by atoms with Crippen molar-refractivity contribution >= 4 is 29.1 Å². The van der Waals surface area contributed by atoms with E-state index in [0.717, 1.165) is 5.56 Å². The van der Waals surface area contributed by atoms with Crippen LogP contribution in [0.2, 0.25) is 0 Å². The van der Waals surface area contributed by atoms with Gasteiger partial charge in [-0.1, -0.05) is 35.6 Å². The zero-order chi connectivity index (χ0) is 31.4. The lowest BCUT2D eigenvalue weighted by Crippen LogP contribution is -2.40. The SMILES string of the molecule is CCOC(=O)C1=C(C)N=c2s/c(=C/c3ccc(OCc4ccc([N+](=O)[O-])cc4)c(OC)c3)c(=O)n2[C@H]1c1ccccc1OC. The predicted molar refractivity (Wildman–Crippen MR) is 164 cm³/mol. The summed E-state index contributed by atoms with van der Waals surface area (Å²) in [6.45, 7) is 3.80. The number of aromatic nitrogens is 1. The molecule has 0 saturated carbocycles. The molecule has 11 nitrogen and oxygen atoms in total. The number of para-hydroxylation sites is 1. The molecule has 3 aromatic carbocycles. The van der Waals surface area contributed by atoms with Crippen molar-refractivity contribution in [3.63, 3.8) is 0 Å². The average Bonchev–Trinajstić information content (AvgIpc) is 3.33. The first-order chi connectivity index (χ1) is 21.2. The van der Waals surface area contributed by atoms with Crippen LogP contribution in [0.1, 0.15) is 36.6 Å². The second-order valence-corrected chi connectivity index (χ2v) is 10.7. The Hall–Kier alpha value is -5.23. The van der Waals surface area contributed by atoms with Gasteiger partial charge >= 0.3 is 5.97 Å². The molecule has 0 aliphatic carbocycles. The summed E-state index contributed by atoms with van der Waals surface area (Å²) in [5, 5.41) is 10.9. The molecule has 0 fully saturated rings. The first-order valence-electron chi connectivity index (χ1n) is 13.6. The number of non-ortho nitro benzene ring substituents is 1. The summed E-state index contributed by atoms with van der Waals surface area (Å²) in [6, 6.07) is 17.8. The van der Waals surface area contributed by atoms with Crippen molar-refractivity contribution in [3.8, 4) is 17.2 Å². The average molecular weight is 616 g/mol. The number of methoxy groups -OCH3 is 2. The minimum atomic E-state index is -0.798. The highest BCUT2D eigenvalue weighted by Gasteiger charge is 2.35. The molecule has 0 amide bonds. The van der Waals surface area contributed by atoms with Crippen LogP contribution in [-0.4, -0.2) is 36.3 Å². The number of hydrogen-bond acceptors (Lipinski definition) is 10. The molecular formula is C32H29N3O8S.